The molecule has 0 aliphatic carbocycles. The number of carbonyl (C=O) groups is 1. The maximum atomic E-state index is 11.5. The standard InChI is InChI=1S/C13H12BrNO2/c1-3-8-7(2)15-10-6-4-5-9(14)12(10)11(8)13(16)17/h4-6H,3H2,1-2H3,(H,16,17). The van der Waals surface area contributed by atoms with E-state index in [1.54, 1.807) is 0 Å². The Kier molecular flexibility index (Phi) is 3.15. The Labute approximate surface area is 108 Å². The van der Waals surface area contributed by atoms with Crippen LogP contribution in [0, 0.1) is 6.92 Å². The van der Waals surface area contributed by atoms with E-state index in [1.165, 1.54) is 0 Å². The number of fused-ring (bicyclic) bond motifs is 1. The monoisotopic (exact) mass is 293 g/mol. The minimum absolute atomic E-state index is 0.363. The molecule has 0 saturated heterocycles. The second-order valence-corrected chi connectivity index (χ2v) is 4.70. The van der Waals surface area contributed by atoms with Crippen LogP contribution in [0.1, 0.15) is 28.5 Å². The zero-order valence-electron chi connectivity index (χ0n) is 9.62. The molecular formula is C13H12BrNO2. The fraction of sp³-hybridized carbons (Fsp3) is 0.231. The van der Waals surface area contributed by atoms with Gasteiger partial charge in [0.1, 0.15) is 0 Å². The summed E-state index contributed by atoms with van der Waals surface area (Å²) >= 11 is 3.40. The van der Waals surface area contributed by atoms with Gasteiger partial charge in [-0.3, -0.25) is 4.98 Å². The molecule has 1 N–H and O–H groups in total. The van der Waals surface area contributed by atoms with E-state index in [0.717, 1.165) is 15.7 Å². The summed E-state index contributed by atoms with van der Waals surface area (Å²) in [6.45, 7) is 3.80. The smallest absolute Gasteiger partial charge is 0.336 e. The van der Waals surface area contributed by atoms with Crippen molar-refractivity contribution in [3.8, 4) is 0 Å². The summed E-state index contributed by atoms with van der Waals surface area (Å²) in [5.41, 5.74) is 2.67. The van der Waals surface area contributed by atoms with E-state index in [0.29, 0.717) is 22.9 Å². The Morgan fingerprint density at radius 2 is 2.18 bits per heavy atom. The summed E-state index contributed by atoms with van der Waals surface area (Å²) < 4.78 is 0.773. The van der Waals surface area contributed by atoms with Crippen LogP contribution in [0.2, 0.25) is 0 Å². The summed E-state index contributed by atoms with van der Waals surface area (Å²) in [4.78, 5) is 15.9. The highest BCUT2D eigenvalue weighted by molar-refractivity contribution is 9.10. The van der Waals surface area contributed by atoms with Crippen LogP contribution >= 0.6 is 15.9 Å². The van der Waals surface area contributed by atoms with Crippen molar-refractivity contribution < 1.29 is 9.90 Å². The topological polar surface area (TPSA) is 50.2 Å². The molecule has 1 heterocycles. The third-order valence-corrected chi connectivity index (χ3v) is 3.50. The molecule has 0 radical (unpaired) electrons. The number of nitrogens with zero attached hydrogens (tertiary/aromatic N) is 1. The second kappa shape index (κ2) is 4.45. The molecule has 2 rings (SSSR count). The van der Waals surface area contributed by atoms with Gasteiger partial charge in [-0.2, -0.15) is 0 Å². The van der Waals surface area contributed by atoms with Gasteiger partial charge in [-0.15, -0.1) is 0 Å². The van der Waals surface area contributed by atoms with E-state index in [1.807, 2.05) is 32.0 Å². The predicted octanol–water partition coefficient (Wildman–Crippen LogP) is 3.57. The lowest BCUT2D eigenvalue weighted by Gasteiger charge is -2.12. The number of carboxylic acids is 1. The van der Waals surface area contributed by atoms with Crippen molar-refractivity contribution in [2.24, 2.45) is 0 Å². The first-order valence-corrected chi connectivity index (χ1v) is 6.16. The maximum absolute atomic E-state index is 11.5. The lowest BCUT2D eigenvalue weighted by molar-refractivity contribution is 0.0697. The van der Waals surface area contributed by atoms with Crippen molar-refractivity contribution in [2.75, 3.05) is 0 Å². The number of benzene rings is 1. The third kappa shape index (κ3) is 1.93. The van der Waals surface area contributed by atoms with Gasteiger partial charge in [0.15, 0.2) is 0 Å². The molecule has 88 valence electrons. The largest absolute Gasteiger partial charge is 0.478 e. The first kappa shape index (κ1) is 12.0. The molecule has 0 fully saturated rings. The zero-order chi connectivity index (χ0) is 12.6. The van der Waals surface area contributed by atoms with Crippen molar-refractivity contribution in [1.29, 1.82) is 0 Å². The molecule has 17 heavy (non-hydrogen) atoms. The van der Waals surface area contributed by atoms with E-state index in [9.17, 15) is 9.90 Å². The summed E-state index contributed by atoms with van der Waals surface area (Å²) in [5.74, 6) is -0.899. The first-order valence-electron chi connectivity index (χ1n) is 5.37. The van der Waals surface area contributed by atoms with E-state index in [2.05, 4.69) is 20.9 Å². The number of hydrogen-bond donors (Lipinski definition) is 1. The lowest BCUT2D eigenvalue weighted by atomic mass is 9.99. The molecule has 1 aromatic carbocycles. The Balaban J connectivity index is 3.00. The average Bonchev–Trinajstić information content (AvgIpc) is 2.27. The molecular weight excluding hydrogens is 282 g/mol. The molecule has 1 aromatic heterocycles. The molecule has 3 nitrogen and oxygen atoms in total. The Morgan fingerprint density at radius 1 is 1.47 bits per heavy atom. The number of halogens is 1. The van der Waals surface area contributed by atoms with Crippen LogP contribution in [-0.4, -0.2) is 16.1 Å². The number of carboxylic acid groups (broad SMARTS) is 1. The highest BCUT2D eigenvalue weighted by Gasteiger charge is 2.18. The molecule has 0 aliphatic rings. The molecule has 0 bridgehead atoms. The molecule has 0 saturated carbocycles. The number of pyridine rings is 1. The van der Waals surface area contributed by atoms with Gasteiger partial charge in [0.25, 0.3) is 0 Å². The fourth-order valence-electron chi connectivity index (χ4n) is 2.10. The van der Waals surface area contributed by atoms with Crippen LogP contribution in [0.25, 0.3) is 10.9 Å². The SMILES string of the molecule is CCc1c(C)nc2cccc(Br)c2c1C(=O)O. The molecule has 0 spiro atoms. The second-order valence-electron chi connectivity index (χ2n) is 3.84. The van der Waals surface area contributed by atoms with Crippen LogP contribution in [0.15, 0.2) is 22.7 Å². The normalized spacial score (nSPS) is 10.8. The highest BCUT2D eigenvalue weighted by atomic mass is 79.9. The van der Waals surface area contributed by atoms with Gasteiger partial charge in [-0.1, -0.05) is 28.9 Å². The quantitative estimate of drug-likeness (QED) is 0.921. The van der Waals surface area contributed by atoms with E-state index in [-0.39, 0.29) is 0 Å². The summed E-state index contributed by atoms with van der Waals surface area (Å²) in [7, 11) is 0. The molecule has 4 heteroatoms. The van der Waals surface area contributed by atoms with Crippen LogP contribution in [0.3, 0.4) is 0 Å². The Bertz CT molecular complexity index is 608. The number of aryl methyl sites for hydroxylation is 1. The number of hydrogen-bond acceptors (Lipinski definition) is 2. The van der Waals surface area contributed by atoms with Gasteiger partial charge in [0, 0.05) is 15.6 Å². The highest BCUT2D eigenvalue weighted by Crippen LogP contribution is 2.30. The van der Waals surface area contributed by atoms with Crippen LogP contribution in [0.4, 0.5) is 0 Å². The number of aromatic nitrogens is 1. The minimum atomic E-state index is -0.899. The maximum Gasteiger partial charge on any atom is 0.336 e. The molecule has 0 unspecified atom stereocenters. The zero-order valence-corrected chi connectivity index (χ0v) is 11.2. The molecule has 0 amide bonds. The van der Waals surface area contributed by atoms with Crippen LogP contribution < -0.4 is 0 Å². The molecule has 0 aliphatic heterocycles. The molecule has 2 aromatic rings. The van der Waals surface area contributed by atoms with Crippen LogP contribution in [-0.2, 0) is 6.42 Å². The minimum Gasteiger partial charge on any atom is -0.478 e. The fourth-order valence-corrected chi connectivity index (χ4v) is 2.66. The predicted molar refractivity (Wildman–Crippen MR) is 70.5 cm³/mol. The van der Waals surface area contributed by atoms with Crippen molar-refractivity contribution >= 4 is 32.8 Å². The summed E-state index contributed by atoms with van der Waals surface area (Å²) in [5, 5.41) is 10.1. The average molecular weight is 294 g/mol. The number of rotatable bonds is 2. The summed E-state index contributed by atoms with van der Waals surface area (Å²) in [6.07, 6.45) is 0.664. The summed E-state index contributed by atoms with van der Waals surface area (Å²) in [6, 6.07) is 5.53. The van der Waals surface area contributed by atoms with Gasteiger partial charge in [-0.25, -0.2) is 4.79 Å². The van der Waals surface area contributed by atoms with Gasteiger partial charge in [-0.05, 0) is 31.0 Å². The van der Waals surface area contributed by atoms with Crippen molar-refractivity contribution in [3.63, 3.8) is 0 Å². The van der Waals surface area contributed by atoms with Crippen molar-refractivity contribution in [3.05, 3.63) is 39.5 Å². The van der Waals surface area contributed by atoms with Gasteiger partial charge >= 0.3 is 5.97 Å². The molecule has 0 atom stereocenters. The van der Waals surface area contributed by atoms with Crippen molar-refractivity contribution in [2.45, 2.75) is 20.3 Å². The van der Waals surface area contributed by atoms with Gasteiger partial charge in [0.2, 0.25) is 0 Å². The Hall–Kier alpha value is -1.42. The Morgan fingerprint density at radius 3 is 2.76 bits per heavy atom. The van der Waals surface area contributed by atoms with E-state index < -0.39 is 5.97 Å². The van der Waals surface area contributed by atoms with E-state index in [4.69, 9.17) is 0 Å². The number of aromatic carboxylic acids is 1. The first-order chi connectivity index (χ1) is 8.06. The van der Waals surface area contributed by atoms with Crippen LogP contribution in [0.5, 0.6) is 0 Å². The lowest BCUT2D eigenvalue weighted by Crippen LogP contribution is -2.07. The van der Waals surface area contributed by atoms with Gasteiger partial charge < -0.3 is 5.11 Å². The third-order valence-electron chi connectivity index (χ3n) is 2.84. The van der Waals surface area contributed by atoms with Gasteiger partial charge in [0.05, 0.1) is 11.1 Å². The van der Waals surface area contributed by atoms with E-state index >= 15 is 0 Å². The van der Waals surface area contributed by atoms with Crippen molar-refractivity contribution in [1.82, 2.24) is 4.98 Å².